The summed E-state index contributed by atoms with van der Waals surface area (Å²) in [7, 11) is 0. The number of aliphatic hydroxyl groups is 1. The maximum atomic E-state index is 9.41. The lowest BCUT2D eigenvalue weighted by molar-refractivity contribution is -0.0785. The molecule has 0 aliphatic carbocycles. The fraction of sp³-hybridized carbons (Fsp3) is 1.00. The molecular weight excluding hydrogens is 168 g/mol. The van der Waals surface area contributed by atoms with Crippen LogP contribution in [0.2, 0.25) is 0 Å². The largest absolute Gasteiger partial charge is 0.388 e. The van der Waals surface area contributed by atoms with Crippen LogP contribution in [0.5, 0.6) is 0 Å². The zero-order valence-corrected chi connectivity index (χ0v) is 9.33. The highest BCUT2D eigenvalue weighted by Gasteiger charge is 2.13. The number of rotatable bonds is 5. The van der Waals surface area contributed by atoms with Gasteiger partial charge in [0, 0.05) is 0 Å². The van der Waals surface area contributed by atoms with Gasteiger partial charge in [-0.2, -0.15) is 0 Å². The highest BCUT2D eigenvalue weighted by molar-refractivity contribution is 4.61. The summed E-state index contributed by atoms with van der Waals surface area (Å²) in [6, 6.07) is 0. The molecule has 0 saturated carbocycles. The molecule has 1 N–H and O–H groups in total. The average molecular weight is 190 g/mol. The molecule has 0 fully saturated rings. The Kier molecular flexibility index (Phi) is 5.53. The quantitative estimate of drug-likeness (QED) is 0.715. The minimum Gasteiger partial charge on any atom is -0.388 e. The van der Waals surface area contributed by atoms with E-state index >= 15 is 0 Å². The Labute approximate surface area is 81.0 Å². The van der Waals surface area contributed by atoms with E-state index in [0.29, 0.717) is 13.2 Å². The summed E-state index contributed by atoms with van der Waals surface area (Å²) >= 11 is 0. The number of aliphatic hydroxyl groups excluding tert-OH is 1. The fourth-order valence-electron chi connectivity index (χ4n) is 0.698. The molecule has 3 nitrogen and oxygen atoms in total. The van der Waals surface area contributed by atoms with Crippen LogP contribution in [0.15, 0.2) is 0 Å². The molecule has 0 unspecified atom stereocenters. The van der Waals surface area contributed by atoms with Gasteiger partial charge in [0.1, 0.15) is 6.10 Å². The van der Waals surface area contributed by atoms with Crippen molar-refractivity contribution in [2.75, 3.05) is 13.2 Å². The number of ether oxygens (including phenoxy) is 2. The predicted molar refractivity (Wildman–Crippen MR) is 52.8 cm³/mol. The molecule has 0 aliphatic heterocycles. The molecule has 80 valence electrons. The molecule has 0 heterocycles. The van der Waals surface area contributed by atoms with E-state index in [2.05, 4.69) is 0 Å². The normalized spacial score (nSPS) is 15.0. The third-order valence-electron chi connectivity index (χ3n) is 1.33. The monoisotopic (exact) mass is 190 g/mol. The van der Waals surface area contributed by atoms with Crippen molar-refractivity contribution < 1.29 is 14.6 Å². The topological polar surface area (TPSA) is 38.7 Å². The lowest BCUT2D eigenvalue weighted by Crippen LogP contribution is -2.29. The van der Waals surface area contributed by atoms with Crippen molar-refractivity contribution >= 4 is 0 Å². The Morgan fingerprint density at radius 3 is 2.08 bits per heavy atom. The van der Waals surface area contributed by atoms with Gasteiger partial charge >= 0.3 is 0 Å². The lowest BCUT2D eigenvalue weighted by atomic mass is 10.2. The fourth-order valence-corrected chi connectivity index (χ4v) is 0.698. The molecule has 0 rings (SSSR count). The molecule has 0 radical (unpaired) electrons. The molecule has 1 atom stereocenters. The lowest BCUT2D eigenvalue weighted by Gasteiger charge is -2.22. The molecule has 0 aromatic carbocycles. The van der Waals surface area contributed by atoms with E-state index in [1.54, 1.807) is 0 Å². The first-order valence-corrected chi connectivity index (χ1v) is 4.75. The van der Waals surface area contributed by atoms with Crippen molar-refractivity contribution in [1.29, 1.82) is 0 Å². The van der Waals surface area contributed by atoms with Gasteiger partial charge in [-0.1, -0.05) is 0 Å². The number of hydrogen-bond donors (Lipinski definition) is 1. The predicted octanol–water partition coefficient (Wildman–Crippen LogP) is 1.59. The Hall–Kier alpha value is -0.120. The van der Waals surface area contributed by atoms with E-state index in [9.17, 15) is 5.11 Å². The van der Waals surface area contributed by atoms with E-state index in [1.165, 1.54) is 0 Å². The average Bonchev–Trinajstić information content (AvgIpc) is 1.95. The maximum Gasteiger partial charge on any atom is 0.101 e. The van der Waals surface area contributed by atoms with Crippen LogP contribution in [0.3, 0.4) is 0 Å². The van der Waals surface area contributed by atoms with Crippen LogP contribution < -0.4 is 0 Å². The highest BCUT2D eigenvalue weighted by atomic mass is 16.5. The first kappa shape index (κ1) is 12.9. The molecule has 13 heavy (non-hydrogen) atoms. The van der Waals surface area contributed by atoms with Crippen molar-refractivity contribution in [3.05, 3.63) is 0 Å². The van der Waals surface area contributed by atoms with Crippen LogP contribution in [0.4, 0.5) is 0 Å². The molecule has 0 amide bonds. The van der Waals surface area contributed by atoms with Crippen LogP contribution in [0.1, 0.15) is 34.6 Å². The van der Waals surface area contributed by atoms with Crippen LogP contribution in [0, 0.1) is 0 Å². The SMILES string of the molecule is CC(C)OC[C@@H](O)COC(C)(C)C. The van der Waals surface area contributed by atoms with Crippen LogP contribution >= 0.6 is 0 Å². The van der Waals surface area contributed by atoms with Crippen molar-refractivity contribution in [2.45, 2.75) is 52.4 Å². The smallest absolute Gasteiger partial charge is 0.101 e. The first-order valence-electron chi connectivity index (χ1n) is 4.75. The summed E-state index contributed by atoms with van der Waals surface area (Å²) in [4.78, 5) is 0. The summed E-state index contributed by atoms with van der Waals surface area (Å²) in [6.45, 7) is 10.4. The van der Waals surface area contributed by atoms with Gasteiger partial charge in [0.15, 0.2) is 0 Å². The van der Waals surface area contributed by atoms with Gasteiger partial charge < -0.3 is 14.6 Å². The van der Waals surface area contributed by atoms with Crippen LogP contribution in [0.25, 0.3) is 0 Å². The summed E-state index contributed by atoms with van der Waals surface area (Å²) in [5.74, 6) is 0. The van der Waals surface area contributed by atoms with E-state index < -0.39 is 6.10 Å². The summed E-state index contributed by atoms with van der Waals surface area (Å²) in [5.41, 5.74) is -0.196. The van der Waals surface area contributed by atoms with E-state index in [0.717, 1.165) is 0 Å². The summed E-state index contributed by atoms with van der Waals surface area (Å²) in [5, 5.41) is 9.41. The second kappa shape index (κ2) is 5.58. The van der Waals surface area contributed by atoms with Gasteiger partial charge in [0.25, 0.3) is 0 Å². The zero-order valence-electron chi connectivity index (χ0n) is 9.33. The summed E-state index contributed by atoms with van der Waals surface area (Å²) < 4.78 is 10.6. The third-order valence-corrected chi connectivity index (χ3v) is 1.33. The number of hydrogen-bond acceptors (Lipinski definition) is 3. The first-order chi connectivity index (χ1) is 5.81. The molecule has 0 aromatic heterocycles. The maximum absolute atomic E-state index is 9.41. The Morgan fingerprint density at radius 2 is 1.69 bits per heavy atom. The van der Waals surface area contributed by atoms with Gasteiger partial charge in [-0.25, -0.2) is 0 Å². The van der Waals surface area contributed by atoms with Crippen LogP contribution in [-0.2, 0) is 9.47 Å². The third kappa shape index (κ3) is 9.80. The zero-order chi connectivity index (χ0) is 10.5. The van der Waals surface area contributed by atoms with E-state index in [4.69, 9.17) is 9.47 Å². The Balaban J connectivity index is 3.46. The molecule has 0 aliphatic rings. The minimum absolute atomic E-state index is 0.157. The van der Waals surface area contributed by atoms with Crippen LogP contribution in [-0.4, -0.2) is 36.1 Å². The van der Waals surface area contributed by atoms with Crippen molar-refractivity contribution in [2.24, 2.45) is 0 Å². The minimum atomic E-state index is -0.526. The van der Waals surface area contributed by atoms with Crippen molar-refractivity contribution in [3.8, 4) is 0 Å². The second-order valence-electron chi connectivity index (χ2n) is 4.46. The van der Waals surface area contributed by atoms with E-state index in [-0.39, 0.29) is 11.7 Å². The molecular formula is C10H22O3. The van der Waals surface area contributed by atoms with Gasteiger partial charge in [-0.3, -0.25) is 0 Å². The standard InChI is InChI=1S/C10H22O3/c1-8(2)12-6-9(11)7-13-10(3,4)5/h8-9,11H,6-7H2,1-5H3/t9-/m1/s1. The van der Waals surface area contributed by atoms with Gasteiger partial charge in [0.05, 0.1) is 24.9 Å². The van der Waals surface area contributed by atoms with Crippen molar-refractivity contribution in [3.63, 3.8) is 0 Å². The Morgan fingerprint density at radius 1 is 1.15 bits per heavy atom. The molecule has 0 spiro atoms. The molecule has 0 aromatic rings. The second-order valence-corrected chi connectivity index (χ2v) is 4.46. The molecule has 3 heteroatoms. The van der Waals surface area contributed by atoms with Gasteiger partial charge in [-0.15, -0.1) is 0 Å². The van der Waals surface area contributed by atoms with Gasteiger partial charge in [-0.05, 0) is 34.6 Å². The molecule has 0 bridgehead atoms. The Bertz CT molecular complexity index is 127. The highest BCUT2D eigenvalue weighted by Crippen LogP contribution is 2.07. The van der Waals surface area contributed by atoms with E-state index in [1.807, 2.05) is 34.6 Å². The molecule has 0 saturated heterocycles. The van der Waals surface area contributed by atoms with Gasteiger partial charge in [0.2, 0.25) is 0 Å². The summed E-state index contributed by atoms with van der Waals surface area (Å²) in [6.07, 6.45) is -0.370. The van der Waals surface area contributed by atoms with Crippen molar-refractivity contribution in [1.82, 2.24) is 0 Å².